The summed E-state index contributed by atoms with van der Waals surface area (Å²) in [5.41, 5.74) is 0.889. The van der Waals surface area contributed by atoms with Crippen molar-refractivity contribution in [3.63, 3.8) is 0 Å². The Morgan fingerprint density at radius 1 is 0.833 bits per heavy atom. The summed E-state index contributed by atoms with van der Waals surface area (Å²) in [5.74, 6) is 0. The van der Waals surface area contributed by atoms with Crippen molar-refractivity contribution in [2.24, 2.45) is 10.6 Å². The first-order chi connectivity index (χ1) is 8.70. The third-order valence-electron chi connectivity index (χ3n) is 3.95. The Labute approximate surface area is 113 Å². The van der Waals surface area contributed by atoms with Crippen molar-refractivity contribution in [1.29, 1.82) is 0 Å². The summed E-state index contributed by atoms with van der Waals surface area (Å²) in [7, 11) is 0. The fourth-order valence-electron chi connectivity index (χ4n) is 2.95. The Bertz CT molecular complexity index is 215. The van der Waals surface area contributed by atoms with Crippen LogP contribution in [0.15, 0.2) is 5.21 Å². The van der Waals surface area contributed by atoms with Gasteiger partial charge in [-0.3, -0.25) is 0 Å². The third kappa shape index (κ3) is 5.49. The fraction of sp³-hybridized carbons (Fsp3) is 0.938. The molecule has 0 aromatic rings. The van der Waals surface area contributed by atoms with Gasteiger partial charge in [-0.1, -0.05) is 75.9 Å². The predicted octanol–water partition coefficient (Wildman–Crippen LogP) is 6.28. The van der Waals surface area contributed by atoms with Gasteiger partial charge in [-0.15, -0.1) is 0 Å². The molecule has 0 spiro atoms. The molecular weight excluding hydrogens is 225 g/mol. The molecule has 108 valence electrons. The van der Waals surface area contributed by atoms with Gasteiger partial charge in [-0.05, 0) is 25.7 Å². The highest BCUT2D eigenvalue weighted by atomic mass is 19.2. The first-order valence-corrected chi connectivity index (χ1v) is 7.89. The van der Waals surface area contributed by atoms with Crippen LogP contribution in [0.1, 0.15) is 91.9 Å². The molecule has 0 bridgehead atoms. The van der Waals surface area contributed by atoms with E-state index in [1.54, 1.807) is 0 Å². The molecule has 0 radical (unpaired) electrons. The number of unbranched alkanes of at least 4 members (excludes halogenated alkanes) is 2. The molecule has 0 aliphatic heterocycles. The zero-order chi connectivity index (χ0) is 13.9. The smallest absolute Gasteiger partial charge is 0.0570 e. The third-order valence-corrected chi connectivity index (χ3v) is 3.95. The van der Waals surface area contributed by atoms with Crippen LogP contribution in [0.2, 0.25) is 0 Å². The van der Waals surface area contributed by atoms with Crippen LogP contribution in [0.25, 0.3) is 0 Å². The molecule has 0 saturated carbocycles. The molecule has 0 N–H and O–H groups in total. The zero-order valence-corrected chi connectivity index (χ0v) is 12.9. The van der Waals surface area contributed by atoms with E-state index < -0.39 is 0 Å². The normalized spacial score (nSPS) is 13.1. The van der Waals surface area contributed by atoms with Crippen molar-refractivity contribution >= 4 is 5.71 Å². The molecule has 0 aliphatic carbocycles. The van der Waals surface area contributed by atoms with E-state index in [2.05, 4.69) is 32.9 Å². The Morgan fingerprint density at radius 2 is 1.39 bits per heavy atom. The lowest BCUT2D eigenvalue weighted by Crippen LogP contribution is -2.31. The second-order valence-electron chi connectivity index (χ2n) is 5.52. The van der Waals surface area contributed by atoms with Gasteiger partial charge in [-0.25, -0.2) is 0 Å². The minimum Gasteiger partial charge on any atom is -0.0960 e. The van der Waals surface area contributed by atoms with E-state index in [1.165, 1.54) is 25.7 Å². The van der Waals surface area contributed by atoms with Gasteiger partial charge in [0.15, 0.2) is 0 Å². The van der Waals surface area contributed by atoms with Crippen LogP contribution in [0.5, 0.6) is 0 Å². The predicted molar refractivity (Wildman–Crippen MR) is 79.8 cm³/mol. The van der Waals surface area contributed by atoms with Crippen LogP contribution in [-0.4, -0.2) is 5.71 Å². The molecule has 0 saturated heterocycles. The first-order valence-electron chi connectivity index (χ1n) is 7.89. The maximum Gasteiger partial charge on any atom is 0.0570 e. The summed E-state index contributed by atoms with van der Waals surface area (Å²) in [6.45, 7) is 8.74. The fourth-order valence-corrected chi connectivity index (χ4v) is 2.95. The second kappa shape index (κ2) is 10.5. The largest absolute Gasteiger partial charge is 0.0960 e. The number of nitrogens with zero attached hydrogens (tertiary/aromatic N) is 1. The van der Waals surface area contributed by atoms with Crippen LogP contribution < -0.4 is 0 Å². The summed E-state index contributed by atoms with van der Waals surface area (Å²) >= 11 is 0. The monoisotopic (exact) mass is 257 g/mol. The van der Waals surface area contributed by atoms with Crippen molar-refractivity contribution in [2.75, 3.05) is 0 Å². The first kappa shape index (κ1) is 17.6. The number of hydrogen-bond acceptors (Lipinski definition) is 1. The van der Waals surface area contributed by atoms with Crippen molar-refractivity contribution in [3.8, 4) is 0 Å². The van der Waals surface area contributed by atoms with Crippen molar-refractivity contribution in [1.82, 2.24) is 0 Å². The zero-order valence-electron chi connectivity index (χ0n) is 12.9. The molecule has 0 atom stereocenters. The summed E-state index contributed by atoms with van der Waals surface area (Å²) in [4.78, 5) is 0. The lowest BCUT2D eigenvalue weighted by molar-refractivity contribution is 0.294. The van der Waals surface area contributed by atoms with Gasteiger partial charge in [-0.2, -0.15) is 0 Å². The van der Waals surface area contributed by atoms with E-state index in [4.69, 9.17) is 0 Å². The van der Waals surface area contributed by atoms with E-state index >= 15 is 0 Å². The van der Waals surface area contributed by atoms with E-state index in [-0.39, 0.29) is 5.41 Å². The lowest BCUT2D eigenvalue weighted by atomic mass is 9.70. The highest BCUT2D eigenvalue weighted by molar-refractivity contribution is 5.89. The van der Waals surface area contributed by atoms with Gasteiger partial charge in [0.1, 0.15) is 0 Å². The number of halogens is 1. The molecule has 18 heavy (non-hydrogen) atoms. The Hall–Kier alpha value is -0.400. The lowest BCUT2D eigenvalue weighted by Gasteiger charge is -2.34. The van der Waals surface area contributed by atoms with Crippen LogP contribution in [-0.2, 0) is 0 Å². The van der Waals surface area contributed by atoms with Crippen LogP contribution >= 0.6 is 0 Å². The average molecular weight is 257 g/mol. The Balaban J connectivity index is 4.99. The molecule has 0 aromatic carbocycles. The molecule has 0 aliphatic rings. The second-order valence-corrected chi connectivity index (χ2v) is 5.52. The average Bonchev–Trinajstić information content (AvgIpc) is 2.39. The number of hydrogen-bond donors (Lipinski definition) is 0. The molecule has 0 unspecified atom stereocenters. The van der Waals surface area contributed by atoms with Crippen LogP contribution in [0, 0.1) is 5.41 Å². The van der Waals surface area contributed by atoms with Crippen LogP contribution in [0.3, 0.4) is 0 Å². The van der Waals surface area contributed by atoms with Gasteiger partial charge in [0.2, 0.25) is 0 Å². The highest BCUT2D eigenvalue weighted by Crippen LogP contribution is 2.39. The quantitative estimate of drug-likeness (QED) is 0.386. The van der Waals surface area contributed by atoms with Gasteiger partial charge >= 0.3 is 0 Å². The summed E-state index contributed by atoms with van der Waals surface area (Å²) in [5, 5.41) is 3.19. The molecule has 0 fully saturated rings. The van der Waals surface area contributed by atoms with E-state index in [1.807, 2.05) is 0 Å². The van der Waals surface area contributed by atoms with E-state index in [9.17, 15) is 4.48 Å². The standard InChI is InChI=1S/C16H32FN/c1-5-9-13-16(12-8-4,14-10-6-2)15(18-17)11-7-3/h5-14H2,1-4H3. The summed E-state index contributed by atoms with van der Waals surface area (Å²) < 4.78 is 13.1. The van der Waals surface area contributed by atoms with E-state index in [0.717, 1.165) is 44.2 Å². The molecule has 0 heterocycles. The molecule has 0 aromatic heterocycles. The van der Waals surface area contributed by atoms with Crippen molar-refractivity contribution in [2.45, 2.75) is 91.9 Å². The van der Waals surface area contributed by atoms with Crippen molar-refractivity contribution in [3.05, 3.63) is 0 Å². The minimum absolute atomic E-state index is 0.0472. The van der Waals surface area contributed by atoms with Gasteiger partial charge < -0.3 is 0 Å². The Kier molecular flexibility index (Phi) is 10.3. The molecule has 2 heteroatoms. The maximum absolute atomic E-state index is 13.1. The highest BCUT2D eigenvalue weighted by Gasteiger charge is 2.33. The summed E-state index contributed by atoms with van der Waals surface area (Å²) in [6, 6.07) is 0. The molecule has 1 nitrogen and oxygen atoms in total. The molecule has 0 rings (SSSR count). The van der Waals surface area contributed by atoms with Gasteiger partial charge in [0, 0.05) is 5.41 Å². The topological polar surface area (TPSA) is 12.4 Å². The van der Waals surface area contributed by atoms with Gasteiger partial charge in [0.25, 0.3) is 0 Å². The van der Waals surface area contributed by atoms with Crippen molar-refractivity contribution < 1.29 is 4.48 Å². The SMILES string of the molecule is CCCCC(CCC)(CCCC)C(CCC)=NF. The molecular formula is C16H32FN. The number of rotatable bonds is 11. The summed E-state index contributed by atoms with van der Waals surface area (Å²) in [6.07, 6.45) is 11.0. The molecule has 0 amide bonds. The minimum atomic E-state index is 0.0472. The van der Waals surface area contributed by atoms with Gasteiger partial charge in [0.05, 0.1) is 5.71 Å². The Morgan fingerprint density at radius 3 is 1.72 bits per heavy atom. The maximum atomic E-state index is 13.1. The van der Waals surface area contributed by atoms with E-state index in [0.29, 0.717) is 0 Å². The van der Waals surface area contributed by atoms with Crippen LogP contribution in [0.4, 0.5) is 4.48 Å².